The zero-order valence-electron chi connectivity index (χ0n) is 8.80. The van der Waals surface area contributed by atoms with Gasteiger partial charge in [0.2, 0.25) is 5.82 Å². The van der Waals surface area contributed by atoms with Crippen LogP contribution in [0, 0.1) is 11.6 Å². The molecule has 0 saturated heterocycles. The van der Waals surface area contributed by atoms with E-state index < -0.39 is 17.0 Å². The summed E-state index contributed by atoms with van der Waals surface area (Å²) in [6, 6.07) is 2.34. The van der Waals surface area contributed by atoms with Gasteiger partial charge in [0, 0.05) is 11.0 Å². The Bertz CT molecular complexity index is 386. The summed E-state index contributed by atoms with van der Waals surface area (Å²) < 4.78 is 31.0. The molecule has 4 heteroatoms. The van der Waals surface area contributed by atoms with E-state index in [9.17, 15) is 13.6 Å². The summed E-state index contributed by atoms with van der Waals surface area (Å²) in [4.78, 5) is 10.8. The van der Waals surface area contributed by atoms with Crippen LogP contribution in [0.5, 0.6) is 5.75 Å². The van der Waals surface area contributed by atoms with E-state index in [4.69, 9.17) is 4.74 Å². The Morgan fingerprint density at radius 2 is 1.93 bits per heavy atom. The topological polar surface area (TPSA) is 26.3 Å². The number of halogens is 2. The van der Waals surface area contributed by atoms with Crippen molar-refractivity contribution in [1.29, 1.82) is 0 Å². The van der Waals surface area contributed by atoms with Gasteiger partial charge in [-0.2, -0.15) is 4.39 Å². The molecule has 0 aliphatic heterocycles. The predicted molar refractivity (Wildman–Crippen MR) is 52.0 cm³/mol. The van der Waals surface area contributed by atoms with Gasteiger partial charge in [-0.15, -0.1) is 0 Å². The maximum Gasteiger partial charge on any atom is 0.200 e. The molecule has 1 rings (SSSR count). The first kappa shape index (κ1) is 11.6. The van der Waals surface area contributed by atoms with Crippen LogP contribution in [0.1, 0.15) is 19.4 Å². The third-order valence-electron chi connectivity index (χ3n) is 2.24. The number of aldehydes is 1. The molecule has 1 aromatic carbocycles. The van der Waals surface area contributed by atoms with Crippen molar-refractivity contribution < 1.29 is 18.3 Å². The lowest BCUT2D eigenvalue weighted by molar-refractivity contribution is -0.111. The fourth-order valence-corrected chi connectivity index (χ4v) is 1.30. The molecule has 0 radical (unpaired) electrons. The molecular weight excluding hydrogens is 202 g/mol. The monoisotopic (exact) mass is 214 g/mol. The van der Waals surface area contributed by atoms with E-state index in [-0.39, 0.29) is 5.75 Å². The van der Waals surface area contributed by atoms with Crippen LogP contribution in [-0.2, 0) is 10.2 Å². The van der Waals surface area contributed by atoms with Gasteiger partial charge in [-0.05, 0) is 19.9 Å². The number of carbonyl (C=O) groups excluding carboxylic acids is 1. The van der Waals surface area contributed by atoms with Gasteiger partial charge in [-0.3, -0.25) is 0 Å². The number of ether oxygens (including phenoxy) is 1. The van der Waals surface area contributed by atoms with Crippen molar-refractivity contribution in [2.45, 2.75) is 19.3 Å². The Balaban J connectivity index is 3.43. The highest BCUT2D eigenvalue weighted by atomic mass is 19.2. The number of methoxy groups -OCH3 is 1. The maximum absolute atomic E-state index is 13.3. The lowest BCUT2D eigenvalue weighted by Gasteiger charge is -2.20. The smallest absolute Gasteiger partial charge is 0.200 e. The normalized spacial score (nSPS) is 11.3. The van der Waals surface area contributed by atoms with E-state index in [0.29, 0.717) is 11.8 Å². The maximum atomic E-state index is 13.3. The van der Waals surface area contributed by atoms with Gasteiger partial charge in [0.25, 0.3) is 0 Å². The average Bonchev–Trinajstić information content (AvgIpc) is 2.21. The lowest BCUT2D eigenvalue weighted by atomic mass is 9.85. The van der Waals surface area contributed by atoms with Gasteiger partial charge in [0.05, 0.1) is 7.11 Å². The number of hydrogen-bond donors (Lipinski definition) is 0. The molecule has 0 aliphatic carbocycles. The van der Waals surface area contributed by atoms with Crippen LogP contribution in [0.25, 0.3) is 0 Å². The van der Waals surface area contributed by atoms with Gasteiger partial charge in [-0.1, -0.05) is 6.07 Å². The third-order valence-corrected chi connectivity index (χ3v) is 2.24. The average molecular weight is 214 g/mol. The van der Waals surface area contributed by atoms with Crippen molar-refractivity contribution in [3.8, 4) is 5.75 Å². The van der Waals surface area contributed by atoms with E-state index in [1.165, 1.54) is 13.2 Å². The summed E-state index contributed by atoms with van der Waals surface area (Å²) in [5.74, 6) is -2.27. The van der Waals surface area contributed by atoms with E-state index >= 15 is 0 Å². The van der Waals surface area contributed by atoms with Crippen molar-refractivity contribution in [2.24, 2.45) is 0 Å². The molecule has 15 heavy (non-hydrogen) atoms. The van der Waals surface area contributed by atoms with E-state index in [0.717, 1.165) is 6.07 Å². The van der Waals surface area contributed by atoms with Gasteiger partial charge >= 0.3 is 0 Å². The number of carbonyl (C=O) groups is 1. The second kappa shape index (κ2) is 3.96. The summed E-state index contributed by atoms with van der Waals surface area (Å²) in [5.41, 5.74) is -0.571. The van der Waals surface area contributed by atoms with Gasteiger partial charge in [0.15, 0.2) is 11.6 Å². The summed E-state index contributed by atoms with van der Waals surface area (Å²) in [6.45, 7) is 3.21. The van der Waals surface area contributed by atoms with E-state index in [1.807, 2.05) is 0 Å². The zero-order chi connectivity index (χ0) is 11.6. The van der Waals surface area contributed by atoms with Crippen molar-refractivity contribution >= 4 is 6.29 Å². The van der Waals surface area contributed by atoms with Crippen LogP contribution in [0.3, 0.4) is 0 Å². The highest BCUT2D eigenvalue weighted by Gasteiger charge is 2.27. The Labute approximate surface area is 86.9 Å². The van der Waals surface area contributed by atoms with Crippen molar-refractivity contribution in [1.82, 2.24) is 0 Å². The van der Waals surface area contributed by atoms with Crippen molar-refractivity contribution in [3.63, 3.8) is 0 Å². The SMILES string of the molecule is COc1c(C(C)(C)C=O)ccc(F)c1F. The fourth-order valence-electron chi connectivity index (χ4n) is 1.30. The molecule has 0 bridgehead atoms. The molecule has 2 nitrogen and oxygen atoms in total. The predicted octanol–water partition coefficient (Wildman–Crippen LogP) is 2.45. The van der Waals surface area contributed by atoms with E-state index in [2.05, 4.69) is 0 Å². The Morgan fingerprint density at radius 1 is 1.33 bits per heavy atom. The van der Waals surface area contributed by atoms with Crippen molar-refractivity contribution in [3.05, 3.63) is 29.3 Å². The van der Waals surface area contributed by atoms with Crippen LogP contribution in [0.4, 0.5) is 8.78 Å². The Morgan fingerprint density at radius 3 is 2.40 bits per heavy atom. The molecule has 0 unspecified atom stereocenters. The number of rotatable bonds is 3. The molecular formula is C11H12F2O2. The highest BCUT2D eigenvalue weighted by Crippen LogP contribution is 2.33. The molecule has 0 aliphatic rings. The molecule has 82 valence electrons. The molecule has 0 spiro atoms. The molecule has 0 atom stereocenters. The summed E-state index contributed by atoms with van der Waals surface area (Å²) >= 11 is 0. The van der Waals surface area contributed by atoms with Crippen LogP contribution < -0.4 is 4.74 Å². The number of benzene rings is 1. The van der Waals surface area contributed by atoms with Gasteiger partial charge in [-0.25, -0.2) is 4.39 Å². The van der Waals surface area contributed by atoms with Gasteiger partial charge in [0.1, 0.15) is 6.29 Å². The summed E-state index contributed by atoms with van der Waals surface area (Å²) in [6.07, 6.45) is 0.669. The first-order chi connectivity index (χ1) is 6.94. The molecule has 0 heterocycles. The molecule has 0 saturated carbocycles. The zero-order valence-corrected chi connectivity index (χ0v) is 8.80. The minimum absolute atomic E-state index is 0.216. The Kier molecular flexibility index (Phi) is 3.07. The fraction of sp³-hybridized carbons (Fsp3) is 0.364. The highest BCUT2D eigenvalue weighted by molar-refractivity contribution is 5.69. The first-order valence-corrected chi connectivity index (χ1v) is 4.43. The standard InChI is InChI=1S/C11H12F2O2/c1-11(2,6-14)7-4-5-8(12)9(13)10(7)15-3/h4-6H,1-3H3. The van der Waals surface area contributed by atoms with E-state index in [1.54, 1.807) is 13.8 Å². The van der Waals surface area contributed by atoms with Crippen LogP contribution in [0.2, 0.25) is 0 Å². The molecule has 0 N–H and O–H groups in total. The molecule has 0 fully saturated rings. The lowest BCUT2D eigenvalue weighted by Crippen LogP contribution is -2.20. The van der Waals surface area contributed by atoms with Crippen LogP contribution in [0.15, 0.2) is 12.1 Å². The van der Waals surface area contributed by atoms with Gasteiger partial charge < -0.3 is 9.53 Å². The first-order valence-electron chi connectivity index (χ1n) is 4.43. The molecule has 0 aromatic heterocycles. The largest absolute Gasteiger partial charge is 0.493 e. The summed E-state index contributed by atoms with van der Waals surface area (Å²) in [5, 5.41) is 0. The van der Waals surface area contributed by atoms with Crippen LogP contribution >= 0.6 is 0 Å². The minimum atomic E-state index is -1.06. The molecule has 1 aromatic rings. The second-order valence-electron chi connectivity index (χ2n) is 3.78. The second-order valence-corrected chi connectivity index (χ2v) is 3.78. The quantitative estimate of drug-likeness (QED) is 0.722. The molecule has 0 amide bonds. The third kappa shape index (κ3) is 1.98. The Hall–Kier alpha value is -1.45. The minimum Gasteiger partial charge on any atom is -0.493 e. The van der Waals surface area contributed by atoms with Crippen LogP contribution in [-0.4, -0.2) is 13.4 Å². The summed E-state index contributed by atoms with van der Waals surface area (Å²) in [7, 11) is 1.24. The van der Waals surface area contributed by atoms with Crippen molar-refractivity contribution in [2.75, 3.05) is 7.11 Å². The number of hydrogen-bond acceptors (Lipinski definition) is 2.